The topological polar surface area (TPSA) is 25.2 Å². The lowest BCUT2D eigenvalue weighted by Gasteiger charge is -2.08. The van der Waals surface area contributed by atoms with Crippen LogP contribution >= 0.6 is 0 Å². The van der Waals surface area contributed by atoms with Gasteiger partial charge in [0.15, 0.2) is 0 Å². The molecular weight excluding hydrogens is 232 g/mol. The zero-order valence-corrected chi connectivity index (χ0v) is 12.5. The van der Waals surface area contributed by atoms with Crippen molar-refractivity contribution in [2.75, 3.05) is 0 Å². The summed E-state index contributed by atoms with van der Waals surface area (Å²) in [5.74, 6) is 0. The molecule has 2 heteroatoms. The van der Waals surface area contributed by atoms with Crippen molar-refractivity contribution in [1.29, 1.82) is 0 Å². The Morgan fingerprint density at radius 3 is 2.74 bits per heavy atom. The highest BCUT2D eigenvalue weighted by molar-refractivity contribution is 5.68. The number of hydrogen-bond acceptors (Lipinski definition) is 2. The quantitative estimate of drug-likeness (QED) is 0.533. The summed E-state index contributed by atoms with van der Waals surface area (Å²) < 4.78 is 0. The molecule has 1 aromatic heterocycles. The number of nitrogens with zero attached hydrogens (tertiary/aromatic N) is 2. The van der Waals surface area contributed by atoms with Gasteiger partial charge in [0.25, 0.3) is 0 Å². The Morgan fingerprint density at radius 2 is 2.16 bits per heavy atom. The first-order chi connectivity index (χ1) is 9.08. The molecule has 1 rings (SSSR count). The maximum Gasteiger partial charge on any atom is 0.0406 e. The molecule has 0 aliphatic carbocycles. The van der Waals surface area contributed by atoms with Crippen LogP contribution in [0.2, 0.25) is 0 Å². The van der Waals surface area contributed by atoms with E-state index in [9.17, 15) is 0 Å². The van der Waals surface area contributed by atoms with Crippen LogP contribution in [0.1, 0.15) is 50.4 Å². The second-order valence-corrected chi connectivity index (χ2v) is 4.98. The summed E-state index contributed by atoms with van der Waals surface area (Å²) >= 11 is 0. The molecule has 1 heterocycles. The van der Waals surface area contributed by atoms with Crippen molar-refractivity contribution in [3.63, 3.8) is 0 Å². The Balaban J connectivity index is 2.95. The van der Waals surface area contributed by atoms with Gasteiger partial charge in [0, 0.05) is 18.1 Å². The van der Waals surface area contributed by atoms with Gasteiger partial charge in [-0.25, -0.2) is 0 Å². The summed E-state index contributed by atoms with van der Waals surface area (Å²) in [4.78, 5) is 8.34. The van der Waals surface area contributed by atoms with Crippen LogP contribution in [0, 0.1) is 6.92 Å². The first-order valence-electron chi connectivity index (χ1n) is 6.85. The largest absolute Gasteiger partial charge is 0.272 e. The van der Waals surface area contributed by atoms with Crippen LogP contribution in [0.5, 0.6) is 0 Å². The lowest BCUT2D eigenvalue weighted by molar-refractivity contribution is 0.775. The molecule has 0 spiro atoms. The van der Waals surface area contributed by atoms with Crippen LogP contribution in [0.15, 0.2) is 35.1 Å². The normalized spacial score (nSPS) is 12.6. The third kappa shape index (κ3) is 4.82. The average Bonchev–Trinajstić information content (AvgIpc) is 2.36. The minimum Gasteiger partial charge on any atom is -0.272 e. The summed E-state index contributed by atoms with van der Waals surface area (Å²) in [5, 5.41) is 0. The first-order valence-corrected chi connectivity index (χ1v) is 6.85. The molecule has 0 saturated heterocycles. The molecule has 0 unspecified atom stereocenters. The van der Waals surface area contributed by atoms with Gasteiger partial charge in [0.05, 0.1) is 0 Å². The van der Waals surface area contributed by atoms with Gasteiger partial charge >= 0.3 is 0 Å². The van der Waals surface area contributed by atoms with E-state index in [1.165, 1.54) is 35.2 Å². The van der Waals surface area contributed by atoms with Crippen LogP contribution in [-0.2, 0) is 6.42 Å². The van der Waals surface area contributed by atoms with Crippen LogP contribution < -0.4 is 0 Å². The number of aromatic nitrogens is 1. The lowest BCUT2D eigenvalue weighted by atomic mass is 10.0. The number of aryl methyl sites for hydroxylation is 2. The summed E-state index contributed by atoms with van der Waals surface area (Å²) in [6, 6.07) is 2.20. The van der Waals surface area contributed by atoms with Gasteiger partial charge in [-0.05, 0) is 68.7 Å². The van der Waals surface area contributed by atoms with Crippen molar-refractivity contribution < 1.29 is 0 Å². The molecule has 0 fully saturated rings. The van der Waals surface area contributed by atoms with E-state index in [4.69, 9.17) is 0 Å². The Kier molecular flexibility index (Phi) is 6.20. The molecule has 0 N–H and O–H groups in total. The third-order valence-electron chi connectivity index (χ3n) is 3.12. The molecule has 0 radical (unpaired) electrons. The standard InChI is InChI=1S/C17H24N2/c1-6-7-8-16-10-15(4)17(12-19-16)14(3)9-13(2)11-18-5/h9-12H,5-8H2,1-4H3/b13-11+,14-9+. The van der Waals surface area contributed by atoms with Crippen molar-refractivity contribution in [2.24, 2.45) is 4.99 Å². The second-order valence-electron chi connectivity index (χ2n) is 4.98. The predicted octanol–water partition coefficient (Wildman–Crippen LogP) is 4.74. The van der Waals surface area contributed by atoms with Crippen LogP contribution in [0.4, 0.5) is 0 Å². The average molecular weight is 256 g/mol. The second kappa shape index (κ2) is 7.67. The number of hydrogen-bond donors (Lipinski definition) is 0. The Hall–Kier alpha value is -1.70. The van der Waals surface area contributed by atoms with Crippen molar-refractivity contribution in [3.8, 4) is 0 Å². The third-order valence-corrected chi connectivity index (χ3v) is 3.12. The first kappa shape index (κ1) is 15.4. The van der Waals surface area contributed by atoms with Gasteiger partial charge < -0.3 is 0 Å². The molecule has 0 amide bonds. The smallest absolute Gasteiger partial charge is 0.0406 e. The lowest BCUT2D eigenvalue weighted by Crippen LogP contribution is -1.95. The van der Waals surface area contributed by atoms with Gasteiger partial charge in [-0.1, -0.05) is 19.4 Å². The Bertz CT molecular complexity index is 496. The predicted molar refractivity (Wildman–Crippen MR) is 84.5 cm³/mol. The number of unbranched alkanes of at least 4 members (excludes halogenated alkanes) is 1. The van der Waals surface area contributed by atoms with E-state index < -0.39 is 0 Å². The SMILES string of the molecule is C=N/C=C(C)/C=C(\C)c1cnc(CCCC)cc1C. The fraction of sp³-hybridized carbons (Fsp3) is 0.412. The fourth-order valence-electron chi connectivity index (χ4n) is 2.12. The zero-order valence-electron chi connectivity index (χ0n) is 12.5. The van der Waals surface area contributed by atoms with Gasteiger partial charge in [-0.2, -0.15) is 0 Å². The van der Waals surface area contributed by atoms with E-state index in [2.05, 4.69) is 49.6 Å². The highest BCUT2D eigenvalue weighted by atomic mass is 14.7. The minimum atomic E-state index is 1.07. The molecule has 102 valence electrons. The van der Waals surface area contributed by atoms with Crippen molar-refractivity contribution >= 4 is 12.3 Å². The number of allylic oxidation sites excluding steroid dienone is 3. The van der Waals surface area contributed by atoms with Crippen LogP contribution in [-0.4, -0.2) is 11.7 Å². The molecule has 0 atom stereocenters. The maximum absolute atomic E-state index is 4.56. The molecule has 0 aliphatic heterocycles. The van der Waals surface area contributed by atoms with E-state index in [1.807, 2.05) is 13.1 Å². The molecule has 0 bridgehead atoms. The molecule has 2 nitrogen and oxygen atoms in total. The van der Waals surface area contributed by atoms with Crippen LogP contribution in [0.25, 0.3) is 5.57 Å². The summed E-state index contributed by atoms with van der Waals surface area (Å²) in [6.45, 7) is 12.0. The number of aliphatic imine (C=N–C) groups is 1. The van der Waals surface area contributed by atoms with E-state index >= 15 is 0 Å². The van der Waals surface area contributed by atoms with Crippen molar-refractivity contribution in [2.45, 2.75) is 47.0 Å². The number of rotatable bonds is 6. The van der Waals surface area contributed by atoms with Crippen molar-refractivity contribution in [3.05, 3.63) is 46.9 Å². The van der Waals surface area contributed by atoms with Gasteiger partial charge in [0.2, 0.25) is 0 Å². The summed E-state index contributed by atoms with van der Waals surface area (Å²) in [5.41, 5.74) is 5.99. The fourth-order valence-corrected chi connectivity index (χ4v) is 2.12. The van der Waals surface area contributed by atoms with E-state index in [0.717, 1.165) is 12.0 Å². The molecule has 0 aliphatic rings. The van der Waals surface area contributed by atoms with E-state index in [1.54, 1.807) is 6.20 Å². The molecule has 0 saturated carbocycles. The molecule has 19 heavy (non-hydrogen) atoms. The van der Waals surface area contributed by atoms with Crippen molar-refractivity contribution in [1.82, 2.24) is 4.98 Å². The minimum absolute atomic E-state index is 1.07. The summed E-state index contributed by atoms with van der Waals surface area (Å²) in [6.07, 6.45) is 9.35. The summed E-state index contributed by atoms with van der Waals surface area (Å²) in [7, 11) is 0. The van der Waals surface area contributed by atoms with Crippen LogP contribution in [0.3, 0.4) is 0 Å². The Labute approximate surface area is 117 Å². The highest BCUT2D eigenvalue weighted by Crippen LogP contribution is 2.20. The highest BCUT2D eigenvalue weighted by Gasteiger charge is 2.03. The maximum atomic E-state index is 4.56. The number of pyridine rings is 1. The van der Waals surface area contributed by atoms with E-state index in [-0.39, 0.29) is 0 Å². The molecular formula is C17H24N2. The monoisotopic (exact) mass is 256 g/mol. The van der Waals surface area contributed by atoms with Gasteiger partial charge in [0.1, 0.15) is 0 Å². The van der Waals surface area contributed by atoms with Gasteiger partial charge in [-0.3, -0.25) is 9.98 Å². The molecule has 1 aromatic rings. The van der Waals surface area contributed by atoms with Gasteiger partial charge in [-0.15, -0.1) is 0 Å². The zero-order chi connectivity index (χ0) is 14.3. The molecule has 0 aromatic carbocycles. The van der Waals surface area contributed by atoms with E-state index in [0.29, 0.717) is 0 Å². The Morgan fingerprint density at radius 1 is 1.42 bits per heavy atom.